The Morgan fingerprint density at radius 2 is 1.81 bits per heavy atom. The molecular weight excluding hydrogens is 398 g/mol. The summed E-state index contributed by atoms with van der Waals surface area (Å²) in [6.07, 6.45) is 1.78. The minimum Gasteiger partial charge on any atom is -0.467 e. The van der Waals surface area contributed by atoms with Gasteiger partial charge in [-0.1, -0.05) is 42.5 Å². The summed E-state index contributed by atoms with van der Waals surface area (Å²) >= 11 is 0. The minimum atomic E-state index is -0.873. The molecule has 1 aromatic heterocycles. The SMILES string of the molecule is COC(=O)[C@H](Cc1ccccc1)NC(=O)COC(=O)Cc1coc2c(C)c(C)ccc12. The third-order valence-corrected chi connectivity index (χ3v) is 5.14. The molecule has 7 heteroatoms. The summed E-state index contributed by atoms with van der Waals surface area (Å²) in [5.74, 6) is -1.71. The van der Waals surface area contributed by atoms with Crippen molar-refractivity contribution >= 4 is 28.8 Å². The predicted octanol–water partition coefficient (Wildman–Crippen LogP) is 3.04. The van der Waals surface area contributed by atoms with Crippen molar-refractivity contribution in [3.63, 3.8) is 0 Å². The van der Waals surface area contributed by atoms with Crippen LogP contribution in [0, 0.1) is 13.8 Å². The van der Waals surface area contributed by atoms with E-state index in [0.717, 1.165) is 27.7 Å². The van der Waals surface area contributed by atoms with Crippen molar-refractivity contribution in [3.05, 3.63) is 71.0 Å². The van der Waals surface area contributed by atoms with Crippen LogP contribution in [0.3, 0.4) is 0 Å². The molecule has 0 fully saturated rings. The molecule has 0 radical (unpaired) electrons. The molecule has 0 bridgehead atoms. The fourth-order valence-electron chi connectivity index (χ4n) is 3.30. The fraction of sp³-hybridized carbons (Fsp3) is 0.292. The van der Waals surface area contributed by atoms with Crippen LogP contribution in [0.25, 0.3) is 11.0 Å². The summed E-state index contributed by atoms with van der Waals surface area (Å²) in [5, 5.41) is 3.41. The van der Waals surface area contributed by atoms with Gasteiger partial charge >= 0.3 is 11.9 Å². The molecule has 31 heavy (non-hydrogen) atoms. The fourth-order valence-corrected chi connectivity index (χ4v) is 3.30. The molecular formula is C24H25NO6. The molecule has 2 aromatic carbocycles. The van der Waals surface area contributed by atoms with E-state index in [1.54, 1.807) is 0 Å². The van der Waals surface area contributed by atoms with Crippen LogP contribution in [-0.2, 0) is 36.7 Å². The molecule has 0 unspecified atom stereocenters. The second kappa shape index (κ2) is 9.93. The lowest BCUT2D eigenvalue weighted by molar-refractivity contribution is -0.149. The molecule has 0 aliphatic carbocycles. The van der Waals surface area contributed by atoms with Crippen LogP contribution in [0.15, 0.2) is 53.1 Å². The van der Waals surface area contributed by atoms with Crippen molar-refractivity contribution in [2.24, 2.45) is 0 Å². The van der Waals surface area contributed by atoms with Gasteiger partial charge in [-0.15, -0.1) is 0 Å². The van der Waals surface area contributed by atoms with Gasteiger partial charge < -0.3 is 19.2 Å². The normalized spacial score (nSPS) is 11.7. The van der Waals surface area contributed by atoms with Crippen LogP contribution in [0.5, 0.6) is 0 Å². The summed E-state index contributed by atoms with van der Waals surface area (Å²) in [4.78, 5) is 36.5. The zero-order chi connectivity index (χ0) is 22.4. The van der Waals surface area contributed by atoms with Crippen molar-refractivity contribution in [1.82, 2.24) is 5.32 Å². The lowest BCUT2D eigenvalue weighted by atomic mass is 10.0. The van der Waals surface area contributed by atoms with E-state index in [2.05, 4.69) is 5.32 Å². The average Bonchev–Trinajstić information content (AvgIpc) is 3.17. The quantitative estimate of drug-likeness (QED) is 0.560. The van der Waals surface area contributed by atoms with Gasteiger partial charge in [0, 0.05) is 17.4 Å². The molecule has 1 amide bonds. The van der Waals surface area contributed by atoms with Crippen molar-refractivity contribution < 1.29 is 28.3 Å². The van der Waals surface area contributed by atoms with Crippen LogP contribution >= 0.6 is 0 Å². The number of rotatable bonds is 8. The lowest BCUT2D eigenvalue weighted by Crippen LogP contribution is -2.44. The number of esters is 2. The van der Waals surface area contributed by atoms with Gasteiger partial charge in [0.1, 0.15) is 11.6 Å². The highest BCUT2D eigenvalue weighted by Gasteiger charge is 2.23. The van der Waals surface area contributed by atoms with Crippen molar-refractivity contribution in [2.75, 3.05) is 13.7 Å². The van der Waals surface area contributed by atoms with E-state index in [0.29, 0.717) is 5.56 Å². The Labute approximate surface area is 180 Å². The summed E-state index contributed by atoms with van der Waals surface area (Å²) in [7, 11) is 1.25. The number of ether oxygens (including phenoxy) is 2. The summed E-state index contributed by atoms with van der Waals surface area (Å²) < 4.78 is 15.5. The number of aryl methyl sites for hydroxylation is 2. The molecule has 0 saturated heterocycles. The lowest BCUT2D eigenvalue weighted by Gasteiger charge is -2.16. The van der Waals surface area contributed by atoms with Gasteiger partial charge in [0.25, 0.3) is 5.91 Å². The Bertz CT molecular complexity index is 1090. The maximum Gasteiger partial charge on any atom is 0.328 e. The van der Waals surface area contributed by atoms with E-state index in [-0.39, 0.29) is 12.8 Å². The number of carbonyl (C=O) groups excluding carboxylic acids is 3. The van der Waals surface area contributed by atoms with Gasteiger partial charge in [0.2, 0.25) is 0 Å². The molecule has 1 N–H and O–H groups in total. The monoisotopic (exact) mass is 423 g/mol. The summed E-state index contributed by atoms with van der Waals surface area (Å²) in [5.41, 5.74) is 4.42. The molecule has 0 aliphatic heterocycles. The number of nitrogens with one attached hydrogen (secondary N) is 1. The smallest absolute Gasteiger partial charge is 0.328 e. The highest BCUT2D eigenvalue weighted by Crippen LogP contribution is 2.26. The maximum absolute atomic E-state index is 12.3. The average molecular weight is 423 g/mol. The second-order valence-corrected chi connectivity index (χ2v) is 7.32. The second-order valence-electron chi connectivity index (χ2n) is 7.32. The Kier molecular flexibility index (Phi) is 7.07. The number of hydrogen-bond acceptors (Lipinski definition) is 6. The van der Waals surface area contributed by atoms with Gasteiger partial charge in [-0.05, 0) is 30.5 Å². The number of methoxy groups -OCH3 is 1. The van der Waals surface area contributed by atoms with Gasteiger partial charge in [0.05, 0.1) is 19.8 Å². The molecule has 7 nitrogen and oxygen atoms in total. The summed E-state index contributed by atoms with van der Waals surface area (Å²) in [6, 6.07) is 12.2. The zero-order valence-corrected chi connectivity index (χ0v) is 17.8. The summed E-state index contributed by atoms with van der Waals surface area (Å²) in [6.45, 7) is 3.46. The van der Waals surface area contributed by atoms with Crippen LogP contribution in [0.1, 0.15) is 22.3 Å². The van der Waals surface area contributed by atoms with Crippen molar-refractivity contribution in [2.45, 2.75) is 32.7 Å². The van der Waals surface area contributed by atoms with Crippen LogP contribution in [0.2, 0.25) is 0 Å². The first-order valence-electron chi connectivity index (χ1n) is 9.92. The molecule has 0 aliphatic rings. The minimum absolute atomic E-state index is 0.0206. The van der Waals surface area contributed by atoms with Gasteiger partial charge in [0.15, 0.2) is 6.61 Å². The van der Waals surface area contributed by atoms with E-state index in [1.165, 1.54) is 13.4 Å². The van der Waals surface area contributed by atoms with E-state index in [4.69, 9.17) is 13.9 Å². The highest BCUT2D eigenvalue weighted by atomic mass is 16.5. The van der Waals surface area contributed by atoms with Crippen LogP contribution < -0.4 is 5.32 Å². The highest BCUT2D eigenvalue weighted by molar-refractivity contribution is 5.89. The maximum atomic E-state index is 12.3. The number of hydrogen-bond donors (Lipinski definition) is 1. The van der Waals surface area contributed by atoms with E-state index >= 15 is 0 Å². The molecule has 0 spiro atoms. The van der Waals surface area contributed by atoms with Crippen molar-refractivity contribution in [1.29, 1.82) is 0 Å². The third kappa shape index (κ3) is 5.51. The molecule has 3 aromatic rings. The van der Waals surface area contributed by atoms with Gasteiger partial charge in [-0.2, -0.15) is 0 Å². The Hall–Kier alpha value is -3.61. The molecule has 0 saturated carbocycles. The van der Waals surface area contributed by atoms with E-state index < -0.39 is 30.5 Å². The largest absolute Gasteiger partial charge is 0.467 e. The Balaban J connectivity index is 1.56. The van der Waals surface area contributed by atoms with Crippen LogP contribution in [-0.4, -0.2) is 37.6 Å². The number of amides is 1. The third-order valence-electron chi connectivity index (χ3n) is 5.14. The first-order chi connectivity index (χ1) is 14.9. The van der Waals surface area contributed by atoms with Crippen molar-refractivity contribution in [3.8, 4) is 0 Å². The molecule has 3 rings (SSSR count). The topological polar surface area (TPSA) is 94.8 Å². The van der Waals surface area contributed by atoms with Gasteiger partial charge in [-0.3, -0.25) is 9.59 Å². The van der Waals surface area contributed by atoms with E-state index in [1.807, 2.05) is 56.3 Å². The number of carbonyl (C=O) groups is 3. The van der Waals surface area contributed by atoms with Crippen LogP contribution in [0.4, 0.5) is 0 Å². The number of fused-ring (bicyclic) bond motifs is 1. The number of furan rings is 1. The zero-order valence-electron chi connectivity index (χ0n) is 17.8. The molecule has 1 atom stereocenters. The first-order valence-corrected chi connectivity index (χ1v) is 9.92. The molecule has 1 heterocycles. The van der Waals surface area contributed by atoms with Gasteiger partial charge in [-0.25, -0.2) is 4.79 Å². The number of benzene rings is 2. The predicted molar refractivity (Wildman–Crippen MR) is 114 cm³/mol. The Morgan fingerprint density at radius 1 is 1.06 bits per heavy atom. The molecule has 162 valence electrons. The standard InChI is InChI=1S/C24H25NO6/c1-15-9-10-19-18(13-31-23(19)16(15)2)12-22(27)30-14-21(26)25-20(24(28)29-3)11-17-7-5-4-6-8-17/h4-10,13,20H,11-12,14H2,1-3H3,(H,25,26)/t20-/m0/s1. The Morgan fingerprint density at radius 3 is 2.52 bits per heavy atom. The first kappa shape index (κ1) is 22.1. The van der Waals surface area contributed by atoms with E-state index in [9.17, 15) is 14.4 Å².